The van der Waals surface area contributed by atoms with E-state index >= 15 is 0 Å². The van der Waals surface area contributed by atoms with Gasteiger partial charge in [-0.1, -0.05) is 57.2 Å². The number of amides is 1. The van der Waals surface area contributed by atoms with Crippen LogP contribution in [0.25, 0.3) is 0 Å². The molecule has 2 atom stereocenters. The molecule has 0 aliphatic rings. The highest BCUT2D eigenvalue weighted by Gasteiger charge is 2.24. The molecule has 3 aromatic rings. The Labute approximate surface area is 209 Å². The van der Waals surface area contributed by atoms with Crippen molar-refractivity contribution in [2.45, 2.75) is 57.5 Å². The van der Waals surface area contributed by atoms with Crippen LogP contribution in [0, 0.1) is 0 Å². The first-order chi connectivity index (χ1) is 16.8. The van der Waals surface area contributed by atoms with Crippen LogP contribution in [0.4, 0.5) is 11.4 Å². The van der Waals surface area contributed by atoms with E-state index in [-0.39, 0.29) is 10.8 Å². The van der Waals surface area contributed by atoms with Crippen LogP contribution in [0.2, 0.25) is 0 Å². The lowest BCUT2D eigenvalue weighted by Gasteiger charge is -2.23. The van der Waals surface area contributed by atoms with Gasteiger partial charge in [-0.3, -0.25) is 9.10 Å². The van der Waals surface area contributed by atoms with Gasteiger partial charge in [0.05, 0.1) is 10.6 Å². The number of para-hydroxylation sites is 2. The van der Waals surface area contributed by atoms with Crippen LogP contribution in [-0.4, -0.2) is 27.0 Å². The Hall–Kier alpha value is -3.32. The fourth-order valence-corrected chi connectivity index (χ4v) is 5.31. The molecule has 0 aliphatic carbocycles. The van der Waals surface area contributed by atoms with Crippen molar-refractivity contribution in [2.75, 3.05) is 16.2 Å². The molecule has 7 heteroatoms. The summed E-state index contributed by atoms with van der Waals surface area (Å²) in [5, 5.41) is 2.86. The first kappa shape index (κ1) is 26.3. The van der Waals surface area contributed by atoms with Crippen molar-refractivity contribution in [3.8, 4) is 5.75 Å². The smallest absolute Gasteiger partial charge is 0.265 e. The summed E-state index contributed by atoms with van der Waals surface area (Å²) >= 11 is 0. The average Bonchev–Trinajstić information content (AvgIpc) is 2.88. The molecular formula is C28H34N2O4S. The van der Waals surface area contributed by atoms with Crippen LogP contribution < -0.4 is 14.4 Å². The summed E-state index contributed by atoms with van der Waals surface area (Å²) in [7, 11) is -3.73. The lowest BCUT2D eigenvalue weighted by Crippen LogP contribution is -2.33. The van der Waals surface area contributed by atoms with Gasteiger partial charge >= 0.3 is 0 Å². The number of rotatable bonds is 11. The summed E-state index contributed by atoms with van der Waals surface area (Å²) in [6, 6.07) is 23.0. The predicted octanol–water partition coefficient (Wildman–Crippen LogP) is 6.21. The number of benzene rings is 3. The molecule has 0 fully saturated rings. The van der Waals surface area contributed by atoms with Crippen molar-refractivity contribution in [1.29, 1.82) is 0 Å². The summed E-state index contributed by atoms with van der Waals surface area (Å²) in [6.07, 6.45) is 0.797. The molecule has 0 heterocycles. The highest BCUT2D eigenvalue weighted by atomic mass is 32.2. The minimum absolute atomic E-state index is 0.159. The molecule has 1 N–H and O–H groups in total. The summed E-state index contributed by atoms with van der Waals surface area (Å²) in [4.78, 5) is 13.1. The Bertz CT molecular complexity index is 1210. The maximum absolute atomic E-state index is 13.2. The molecule has 6 nitrogen and oxygen atoms in total. The zero-order chi connectivity index (χ0) is 25.4. The normalized spacial score (nSPS) is 13.0. The van der Waals surface area contributed by atoms with Gasteiger partial charge in [-0.2, -0.15) is 0 Å². The van der Waals surface area contributed by atoms with E-state index in [4.69, 9.17) is 4.74 Å². The molecule has 3 rings (SSSR count). The lowest BCUT2D eigenvalue weighted by molar-refractivity contribution is -0.122. The van der Waals surface area contributed by atoms with E-state index in [0.29, 0.717) is 36.0 Å². The molecule has 2 unspecified atom stereocenters. The lowest BCUT2D eigenvalue weighted by atomic mass is 9.98. The molecule has 0 aromatic heterocycles. The van der Waals surface area contributed by atoms with Crippen molar-refractivity contribution in [2.24, 2.45) is 0 Å². The van der Waals surface area contributed by atoms with Gasteiger partial charge in [-0.05, 0) is 73.7 Å². The van der Waals surface area contributed by atoms with Gasteiger partial charge in [0.25, 0.3) is 15.9 Å². The maximum Gasteiger partial charge on any atom is 0.265 e. The summed E-state index contributed by atoms with van der Waals surface area (Å²) in [5.41, 5.74) is 2.19. The number of hydrogen-bond donors (Lipinski definition) is 1. The van der Waals surface area contributed by atoms with Crippen molar-refractivity contribution < 1.29 is 17.9 Å². The molecule has 186 valence electrons. The highest BCUT2D eigenvalue weighted by Crippen LogP contribution is 2.30. The van der Waals surface area contributed by atoms with Gasteiger partial charge in [-0.25, -0.2) is 8.42 Å². The predicted molar refractivity (Wildman–Crippen MR) is 142 cm³/mol. The fraction of sp³-hybridized carbons (Fsp3) is 0.321. The van der Waals surface area contributed by atoms with Crippen LogP contribution in [-0.2, 0) is 14.8 Å². The third-order valence-electron chi connectivity index (χ3n) is 6.04. The SMILES string of the molecule is CCC(Oc1ccccc1C(C)CC)C(=O)Nc1ccc(S(=O)(=O)N(CC)c2ccccc2)cc1. The van der Waals surface area contributed by atoms with Gasteiger partial charge < -0.3 is 10.1 Å². The average molecular weight is 495 g/mol. The van der Waals surface area contributed by atoms with Crippen LogP contribution in [0.3, 0.4) is 0 Å². The van der Waals surface area contributed by atoms with E-state index in [0.717, 1.165) is 12.0 Å². The van der Waals surface area contributed by atoms with Crippen LogP contribution in [0.1, 0.15) is 52.0 Å². The molecule has 3 aromatic carbocycles. The van der Waals surface area contributed by atoms with E-state index in [1.54, 1.807) is 43.3 Å². The van der Waals surface area contributed by atoms with E-state index in [9.17, 15) is 13.2 Å². The van der Waals surface area contributed by atoms with E-state index in [2.05, 4.69) is 19.2 Å². The molecular weight excluding hydrogens is 460 g/mol. The summed E-state index contributed by atoms with van der Waals surface area (Å²) < 4.78 is 33.8. The van der Waals surface area contributed by atoms with Gasteiger partial charge in [-0.15, -0.1) is 0 Å². The summed E-state index contributed by atoms with van der Waals surface area (Å²) in [5.74, 6) is 0.757. The largest absolute Gasteiger partial charge is 0.480 e. The Morgan fingerprint density at radius 2 is 1.51 bits per heavy atom. The first-order valence-electron chi connectivity index (χ1n) is 12.1. The maximum atomic E-state index is 13.2. The van der Waals surface area contributed by atoms with Crippen LogP contribution in [0.5, 0.6) is 5.75 Å². The van der Waals surface area contributed by atoms with Gasteiger partial charge in [0, 0.05) is 12.2 Å². The van der Waals surface area contributed by atoms with Crippen LogP contribution >= 0.6 is 0 Å². The second-order valence-electron chi connectivity index (χ2n) is 8.38. The number of nitrogens with zero attached hydrogens (tertiary/aromatic N) is 1. The van der Waals surface area contributed by atoms with Crippen LogP contribution in [0.15, 0.2) is 83.8 Å². The van der Waals surface area contributed by atoms with Crippen molar-refractivity contribution in [1.82, 2.24) is 0 Å². The molecule has 0 bridgehead atoms. The Morgan fingerprint density at radius 3 is 2.11 bits per heavy atom. The number of anilines is 2. The number of sulfonamides is 1. The Morgan fingerprint density at radius 1 is 0.886 bits per heavy atom. The van der Waals surface area contributed by atoms with Crippen molar-refractivity contribution in [3.63, 3.8) is 0 Å². The van der Waals surface area contributed by atoms with E-state index < -0.39 is 16.1 Å². The van der Waals surface area contributed by atoms with Crippen molar-refractivity contribution >= 4 is 27.3 Å². The quantitative estimate of drug-likeness (QED) is 0.344. The zero-order valence-corrected chi connectivity index (χ0v) is 21.6. The Balaban J connectivity index is 1.74. The topological polar surface area (TPSA) is 75.7 Å². The number of carbonyl (C=O) groups excluding carboxylic acids is 1. The molecule has 0 aliphatic heterocycles. The molecule has 0 saturated carbocycles. The molecule has 1 amide bonds. The fourth-order valence-electron chi connectivity index (χ4n) is 3.84. The molecule has 35 heavy (non-hydrogen) atoms. The third-order valence-corrected chi connectivity index (χ3v) is 7.95. The number of carbonyl (C=O) groups is 1. The van der Waals surface area contributed by atoms with Gasteiger partial charge in [0.15, 0.2) is 6.10 Å². The minimum Gasteiger partial charge on any atom is -0.480 e. The zero-order valence-electron chi connectivity index (χ0n) is 20.8. The molecule has 0 radical (unpaired) electrons. The van der Waals surface area contributed by atoms with Gasteiger partial charge in [0.1, 0.15) is 5.75 Å². The second kappa shape index (κ2) is 11.9. The molecule has 0 spiro atoms. The van der Waals surface area contributed by atoms with Gasteiger partial charge in [0.2, 0.25) is 0 Å². The Kier molecular flexibility index (Phi) is 8.93. The van der Waals surface area contributed by atoms with E-state index in [1.807, 2.05) is 37.3 Å². The molecule has 0 saturated heterocycles. The van der Waals surface area contributed by atoms with Crippen molar-refractivity contribution in [3.05, 3.63) is 84.4 Å². The highest BCUT2D eigenvalue weighted by molar-refractivity contribution is 7.92. The number of nitrogens with one attached hydrogen (secondary N) is 1. The first-order valence-corrected chi connectivity index (χ1v) is 13.5. The minimum atomic E-state index is -3.73. The summed E-state index contributed by atoms with van der Waals surface area (Å²) in [6.45, 7) is 8.25. The van der Waals surface area contributed by atoms with E-state index in [1.165, 1.54) is 16.4 Å². The third kappa shape index (κ3) is 6.22. The second-order valence-corrected chi connectivity index (χ2v) is 10.2. The monoisotopic (exact) mass is 494 g/mol. The standard InChI is InChI=1S/C28H34N2O4S/c1-5-21(4)25-15-11-12-16-27(25)34-26(6-2)28(31)29-22-17-19-24(20-18-22)35(32,33)30(7-3)23-13-9-8-10-14-23/h8-21,26H,5-7H2,1-4H3,(H,29,31). The number of hydrogen-bond acceptors (Lipinski definition) is 4. The number of ether oxygens (including phenoxy) is 1.